The molecule has 0 aromatic heterocycles. The number of carbonyl (C=O) groups excluding carboxylic acids is 1. The number of carbonyl (C=O) groups is 1. The second-order valence-electron chi connectivity index (χ2n) is 2.96. The fourth-order valence-corrected chi connectivity index (χ4v) is 1.26. The molecular formula is C12H13NO3. The van der Waals surface area contributed by atoms with E-state index in [1.165, 1.54) is 7.11 Å². The van der Waals surface area contributed by atoms with Crippen LogP contribution in [0.3, 0.4) is 0 Å². The Morgan fingerprint density at radius 2 is 2.31 bits per heavy atom. The van der Waals surface area contributed by atoms with Gasteiger partial charge in [-0.1, -0.05) is 11.8 Å². The molecule has 1 rings (SSSR count). The molecule has 0 amide bonds. The summed E-state index contributed by atoms with van der Waals surface area (Å²) in [4.78, 5) is 11.5. The minimum Gasteiger partial charge on any atom is -0.465 e. The van der Waals surface area contributed by atoms with Gasteiger partial charge in [0.15, 0.2) is 0 Å². The van der Waals surface area contributed by atoms with E-state index >= 15 is 0 Å². The monoisotopic (exact) mass is 219 g/mol. The Hall–Kier alpha value is -1.99. The van der Waals surface area contributed by atoms with Crippen LogP contribution >= 0.6 is 0 Å². The zero-order valence-electron chi connectivity index (χ0n) is 9.20. The van der Waals surface area contributed by atoms with Crippen molar-refractivity contribution in [3.8, 4) is 11.8 Å². The maximum absolute atomic E-state index is 11.5. The van der Waals surface area contributed by atoms with E-state index in [0.29, 0.717) is 16.8 Å². The molecule has 0 saturated carbocycles. The van der Waals surface area contributed by atoms with Crippen molar-refractivity contribution in [2.24, 2.45) is 0 Å². The average Bonchev–Trinajstić information content (AvgIpc) is 2.35. The highest BCUT2D eigenvalue weighted by molar-refractivity contribution is 5.96. The molecule has 0 aliphatic carbocycles. The number of nitrogens with one attached hydrogen (secondary N) is 1. The Morgan fingerprint density at radius 1 is 1.56 bits per heavy atom. The van der Waals surface area contributed by atoms with Gasteiger partial charge in [-0.15, -0.1) is 0 Å². The van der Waals surface area contributed by atoms with Crippen molar-refractivity contribution in [2.45, 2.75) is 0 Å². The lowest BCUT2D eigenvalue weighted by Gasteiger charge is -2.07. The molecule has 0 atom stereocenters. The molecule has 0 spiro atoms. The van der Waals surface area contributed by atoms with Crippen molar-refractivity contribution in [3.63, 3.8) is 0 Å². The number of rotatable bonds is 2. The standard InChI is InChI=1S/C12H13NO3/c1-13-11-6-5-9(4-3-7-14)8-10(11)12(15)16-2/h5-6,8,13-14H,7H2,1-2H3. The maximum Gasteiger partial charge on any atom is 0.340 e. The third-order valence-electron chi connectivity index (χ3n) is 2.01. The van der Waals surface area contributed by atoms with Crippen molar-refractivity contribution >= 4 is 11.7 Å². The van der Waals surface area contributed by atoms with Gasteiger partial charge in [0.1, 0.15) is 6.61 Å². The molecule has 0 radical (unpaired) electrons. The molecule has 84 valence electrons. The van der Waals surface area contributed by atoms with Gasteiger partial charge in [0.25, 0.3) is 0 Å². The molecule has 4 heteroatoms. The van der Waals surface area contributed by atoms with Crippen LogP contribution in [-0.4, -0.2) is 31.8 Å². The summed E-state index contributed by atoms with van der Waals surface area (Å²) in [6, 6.07) is 5.13. The second kappa shape index (κ2) is 5.79. The predicted octanol–water partition coefficient (Wildman–Crippen LogP) is 0.859. The number of hydrogen-bond acceptors (Lipinski definition) is 4. The first-order valence-electron chi connectivity index (χ1n) is 4.72. The van der Waals surface area contributed by atoms with Gasteiger partial charge in [-0.25, -0.2) is 4.79 Å². The maximum atomic E-state index is 11.5. The van der Waals surface area contributed by atoms with Crippen molar-refractivity contribution in [2.75, 3.05) is 26.1 Å². The second-order valence-corrected chi connectivity index (χ2v) is 2.96. The summed E-state index contributed by atoms with van der Waals surface area (Å²) < 4.78 is 4.66. The van der Waals surface area contributed by atoms with Crippen molar-refractivity contribution in [1.82, 2.24) is 0 Å². The Labute approximate surface area is 94.2 Å². The third-order valence-corrected chi connectivity index (χ3v) is 2.01. The summed E-state index contributed by atoms with van der Waals surface area (Å²) in [7, 11) is 3.05. The van der Waals surface area contributed by atoms with Crippen LogP contribution in [0.15, 0.2) is 18.2 Å². The summed E-state index contributed by atoms with van der Waals surface area (Å²) in [5.41, 5.74) is 1.77. The van der Waals surface area contributed by atoms with Crippen LogP contribution in [0.5, 0.6) is 0 Å². The molecule has 1 aromatic rings. The SMILES string of the molecule is CNc1ccc(C#CCO)cc1C(=O)OC. The van der Waals surface area contributed by atoms with E-state index in [-0.39, 0.29) is 6.61 Å². The van der Waals surface area contributed by atoms with E-state index in [2.05, 4.69) is 21.9 Å². The van der Waals surface area contributed by atoms with E-state index in [4.69, 9.17) is 5.11 Å². The van der Waals surface area contributed by atoms with Gasteiger partial charge in [-0.05, 0) is 18.2 Å². The molecule has 0 aliphatic heterocycles. The zero-order valence-corrected chi connectivity index (χ0v) is 9.20. The summed E-state index contributed by atoms with van der Waals surface area (Å²) in [5.74, 6) is 4.83. The molecule has 4 nitrogen and oxygen atoms in total. The quantitative estimate of drug-likeness (QED) is 0.572. The Balaban J connectivity index is 3.16. The van der Waals surface area contributed by atoms with Crippen LogP contribution in [0.25, 0.3) is 0 Å². The topological polar surface area (TPSA) is 58.6 Å². The van der Waals surface area contributed by atoms with Crippen LogP contribution in [0, 0.1) is 11.8 Å². The van der Waals surface area contributed by atoms with E-state index in [9.17, 15) is 4.79 Å². The van der Waals surface area contributed by atoms with Crippen molar-refractivity contribution < 1.29 is 14.6 Å². The minimum absolute atomic E-state index is 0.207. The van der Waals surface area contributed by atoms with Crippen LogP contribution in [0.1, 0.15) is 15.9 Å². The summed E-state index contributed by atoms with van der Waals surface area (Å²) in [5, 5.41) is 11.5. The lowest BCUT2D eigenvalue weighted by molar-refractivity contribution is 0.0602. The molecule has 0 saturated heterocycles. The van der Waals surface area contributed by atoms with E-state index < -0.39 is 5.97 Å². The molecule has 0 bridgehead atoms. The third kappa shape index (κ3) is 2.75. The number of hydrogen-bond donors (Lipinski definition) is 2. The fourth-order valence-electron chi connectivity index (χ4n) is 1.26. The average molecular weight is 219 g/mol. The fraction of sp³-hybridized carbons (Fsp3) is 0.250. The molecular weight excluding hydrogens is 206 g/mol. The lowest BCUT2D eigenvalue weighted by Crippen LogP contribution is -2.06. The van der Waals surface area contributed by atoms with E-state index in [1.807, 2.05) is 0 Å². The van der Waals surface area contributed by atoms with Crippen LogP contribution in [0.4, 0.5) is 5.69 Å². The highest BCUT2D eigenvalue weighted by Gasteiger charge is 2.10. The first-order chi connectivity index (χ1) is 7.72. The smallest absolute Gasteiger partial charge is 0.340 e. The largest absolute Gasteiger partial charge is 0.465 e. The number of methoxy groups -OCH3 is 1. The molecule has 1 aromatic carbocycles. The van der Waals surface area contributed by atoms with Gasteiger partial charge >= 0.3 is 5.97 Å². The molecule has 0 fully saturated rings. The Morgan fingerprint density at radius 3 is 2.88 bits per heavy atom. The van der Waals surface area contributed by atoms with Gasteiger partial charge in [-0.2, -0.15) is 0 Å². The van der Waals surface area contributed by atoms with Crippen molar-refractivity contribution in [1.29, 1.82) is 0 Å². The molecule has 2 N–H and O–H groups in total. The number of aliphatic hydroxyl groups is 1. The first kappa shape index (κ1) is 12.1. The molecule has 0 aliphatic rings. The Kier molecular flexibility index (Phi) is 4.37. The number of ether oxygens (including phenoxy) is 1. The van der Waals surface area contributed by atoms with Crippen LogP contribution < -0.4 is 5.32 Å². The number of aliphatic hydroxyl groups excluding tert-OH is 1. The van der Waals surface area contributed by atoms with Crippen molar-refractivity contribution in [3.05, 3.63) is 29.3 Å². The van der Waals surface area contributed by atoms with Gasteiger partial charge in [0.2, 0.25) is 0 Å². The molecule has 0 unspecified atom stereocenters. The van der Waals surface area contributed by atoms with Gasteiger partial charge < -0.3 is 15.2 Å². The highest BCUT2D eigenvalue weighted by Crippen LogP contribution is 2.17. The minimum atomic E-state index is -0.419. The van der Waals surface area contributed by atoms with Gasteiger partial charge in [0.05, 0.1) is 12.7 Å². The number of esters is 1. The number of benzene rings is 1. The van der Waals surface area contributed by atoms with Gasteiger partial charge in [0, 0.05) is 18.3 Å². The highest BCUT2D eigenvalue weighted by atomic mass is 16.5. The lowest BCUT2D eigenvalue weighted by atomic mass is 10.1. The Bertz CT molecular complexity index is 443. The molecule has 16 heavy (non-hydrogen) atoms. The predicted molar refractivity (Wildman–Crippen MR) is 61.3 cm³/mol. The van der Waals surface area contributed by atoms with Gasteiger partial charge in [-0.3, -0.25) is 0 Å². The van der Waals surface area contributed by atoms with E-state index in [0.717, 1.165) is 0 Å². The summed E-state index contributed by atoms with van der Waals surface area (Å²) in [6.45, 7) is -0.207. The van der Waals surface area contributed by atoms with Crippen LogP contribution in [-0.2, 0) is 4.74 Å². The first-order valence-corrected chi connectivity index (χ1v) is 4.72. The summed E-state index contributed by atoms with van der Waals surface area (Å²) >= 11 is 0. The van der Waals surface area contributed by atoms with Crippen LogP contribution in [0.2, 0.25) is 0 Å². The molecule has 0 heterocycles. The number of anilines is 1. The van der Waals surface area contributed by atoms with E-state index in [1.54, 1.807) is 25.2 Å². The zero-order chi connectivity index (χ0) is 12.0. The normalized spacial score (nSPS) is 8.94. The summed E-state index contributed by atoms with van der Waals surface area (Å²) in [6.07, 6.45) is 0.